The molecule has 0 aliphatic heterocycles. The summed E-state index contributed by atoms with van der Waals surface area (Å²) < 4.78 is 37.4. The number of nitrogens with two attached hydrogens (primary N) is 1. The Morgan fingerprint density at radius 3 is 2.65 bits per heavy atom. The van der Waals surface area contributed by atoms with Crippen molar-refractivity contribution in [2.24, 2.45) is 0 Å². The van der Waals surface area contributed by atoms with E-state index in [-0.39, 0.29) is 24.3 Å². The van der Waals surface area contributed by atoms with Crippen molar-refractivity contribution in [2.45, 2.75) is 25.6 Å². The fourth-order valence-corrected chi connectivity index (χ4v) is 1.31. The van der Waals surface area contributed by atoms with Gasteiger partial charge in [-0.05, 0) is 25.5 Å². The number of anilines is 2. The standard InChI is InChI=1S/C10H14F3N3O/c1-6(2-3-17)15-9-5-7(10(11,12)13)4-8(14)16-9/h4-6,17H,2-3H2,1H3,(H3,14,15,16). The van der Waals surface area contributed by atoms with Crippen LogP contribution in [0.4, 0.5) is 24.8 Å². The third-order valence-corrected chi connectivity index (χ3v) is 2.13. The molecule has 0 saturated heterocycles. The van der Waals surface area contributed by atoms with Gasteiger partial charge in [0.15, 0.2) is 0 Å². The van der Waals surface area contributed by atoms with Crippen LogP contribution in [0, 0.1) is 0 Å². The lowest BCUT2D eigenvalue weighted by Crippen LogP contribution is -2.18. The molecule has 0 spiro atoms. The van der Waals surface area contributed by atoms with Crippen molar-refractivity contribution in [1.29, 1.82) is 0 Å². The van der Waals surface area contributed by atoms with Gasteiger partial charge in [-0.2, -0.15) is 13.2 Å². The molecule has 0 aromatic carbocycles. The van der Waals surface area contributed by atoms with Crippen molar-refractivity contribution in [3.63, 3.8) is 0 Å². The zero-order valence-corrected chi connectivity index (χ0v) is 9.25. The fraction of sp³-hybridized carbons (Fsp3) is 0.500. The first-order chi connectivity index (χ1) is 7.82. The highest BCUT2D eigenvalue weighted by Crippen LogP contribution is 2.31. The van der Waals surface area contributed by atoms with Gasteiger partial charge in [0.25, 0.3) is 0 Å². The Bertz CT molecular complexity index is 382. The van der Waals surface area contributed by atoms with Gasteiger partial charge in [0.2, 0.25) is 0 Å². The maximum absolute atomic E-state index is 12.5. The summed E-state index contributed by atoms with van der Waals surface area (Å²) in [6.07, 6.45) is -4.04. The highest BCUT2D eigenvalue weighted by Gasteiger charge is 2.31. The van der Waals surface area contributed by atoms with Crippen molar-refractivity contribution in [2.75, 3.05) is 17.7 Å². The predicted molar refractivity (Wildman–Crippen MR) is 58.4 cm³/mol. The first-order valence-electron chi connectivity index (χ1n) is 5.05. The van der Waals surface area contributed by atoms with Crippen LogP contribution in [0.2, 0.25) is 0 Å². The van der Waals surface area contributed by atoms with Crippen LogP contribution in [-0.2, 0) is 6.18 Å². The first-order valence-corrected chi connectivity index (χ1v) is 5.05. The summed E-state index contributed by atoms with van der Waals surface area (Å²) in [5.74, 6) is -0.142. The molecule has 0 saturated carbocycles. The van der Waals surface area contributed by atoms with Gasteiger partial charge < -0.3 is 16.2 Å². The molecule has 0 radical (unpaired) electrons. The second-order valence-electron chi connectivity index (χ2n) is 3.72. The maximum atomic E-state index is 12.5. The summed E-state index contributed by atoms with van der Waals surface area (Å²) in [5, 5.41) is 11.4. The summed E-state index contributed by atoms with van der Waals surface area (Å²) >= 11 is 0. The SMILES string of the molecule is CC(CCO)Nc1cc(C(F)(F)F)cc(N)n1. The summed E-state index contributed by atoms with van der Waals surface area (Å²) in [6, 6.07) is 1.49. The molecule has 17 heavy (non-hydrogen) atoms. The lowest BCUT2D eigenvalue weighted by Gasteiger charge is -2.15. The van der Waals surface area contributed by atoms with E-state index in [1.165, 1.54) is 0 Å². The quantitative estimate of drug-likeness (QED) is 0.761. The molecule has 0 bridgehead atoms. The van der Waals surface area contributed by atoms with E-state index in [0.29, 0.717) is 6.42 Å². The molecule has 0 fully saturated rings. The number of alkyl halides is 3. The highest BCUT2D eigenvalue weighted by molar-refractivity contribution is 5.47. The number of nitrogen functional groups attached to an aromatic ring is 1. The van der Waals surface area contributed by atoms with Gasteiger partial charge in [0, 0.05) is 12.6 Å². The van der Waals surface area contributed by atoms with Gasteiger partial charge in [-0.25, -0.2) is 4.98 Å². The van der Waals surface area contributed by atoms with E-state index in [9.17, 15) is 13.2 Å². The minimum absolute atomic E-state index is 0.0530. The van der Waals surface area contributed by atoms with Crippen molar-refractivity contribution in [3.05, 3.63) is 17.7 Å². The number of rotatable bonds is 4. The molecule has 1 unspecified atom stereocenters. The summed E-state index contributed by atoms with van der Waals surface area (Å²) in [4.78, 5) is 3.75. The molecule has 1 rings (SSSR count). The summed E-state index contributed by atoms with van der Waals surface area (Å²) in [7, 11) is 0. The number of nitrogens with zero attached hydrogens (tertiary/aromatic N) is 1. The van der Waals surface area contributed by atoms with E-state index < -0.39 is 11.7 Å². The van der Waals surface area contributed by atoms with E-state index in [1.807, 2.05) is 0 Å². The van der Waals surface area contributed by atoms with E-state index >= 15 is 0 Å². The minimum atomic E-state index is -4.45. The second-order valence-corrected chi connectivity index (χ2v) is 3.72. The van der Waals surface area contributed by atoms with Crippen LogP contribution < -0.4 is 11.1 Å². The van der Waals surface area contributed by atoms with Crippen molar-refractivity contribution < 1.29 is 18.3 Å². The highest BCUT2D eigenvalue weighted by atomic mass is 19.4. The number of hydrogen-bond acceptors (Lipinski definition) is 4. The Morgan fingerprint density at radius 2 is 2.12 bits per heavy atom. The Balaban J connectivity index is 2.90. The summed E-state index contributed by atoms with van der Waals surface area (Å²) in [6.45, 7) is 1.68. The van der Waals surface area contributed by atoms with Gasteiger partial charge in [0.1, 0.15) is 11.6 Å². The molecule has 1 atom stereocenters. The van der Waals surface area contributed by atoms with Crippen LogP contribution in [0.5, 0.6) is 0 Å². The number of nitrogens with one attached hydrogen (secondary N) is 1. The zero-order chi connectivity index (χ0) is 13.1. The molecule has 4 N–H and O–H groups in total. The topological polar surface area (TPSA) is 71.2 Å². The summed E-state index contributed by atoms with van der Waals surface area (Å²) in [5.41, 5.74) is 4.46. The van der Waals surface area contributed by atoms with Gasteiger partial charge in [0.05, 0.1) is 5.56 Å². The lowest BCUT2D eigenvalue weighted by molar-refractivity contribution is -0.137. The van der Waals surface area contributed by atoms with Crippen molar-refractivity contribution >= 4 is 11.6 Å². The molecule has 7 heteroatoms. The average molecular weight is 249 g/mol. The molecule has 0 amide bonds. The number of hydrogen-bond donors (Lipinski definition) is 3. The normalized spacial score (nSPS) is 13.5. The van der Waals surface area contributed by atoms with E-state index in [0.717, 1.165) is 12.1 Å². The number of aliphatic hydroxyl groups excluding tert-OH is 1. The number of aliphatic hydroxyl groups is 1. The molecule has 1 aromatic heterocycles. The van der Waals surface area contributed by atoms with Crippen LogP contribution >= 0.6 is 0 Å². The smallest absolute Gasteiger partial charge is 0.396 e. The number of aromatic nitrogens is 1. The molecule has 0 aliphatic carbocycles. The van der Waals surface area contributed by atoms with Gasteiger partial charge in [-0.15, -0.1) is 0 Å². The number of halogens is 3. The van der Waals surface area contributed by atoms with Crippen LogP contribution in [0.1, 0.15) is 18.9 Å². The molecule has 1 aromatic rings. The average Bonchev–Trinajstić information content (AvgIpc) is 2.15. The van der Waals surface area contributed by atoms with Crippen molar-refractivity contribution in [3.8, 4) is 0 Å². The largest absolute Gasteiger partial charge is 0.416 e. The Labute approximate surface area is 96.7 Å². The Kier molecular flexibility index (Phi) is 4.17. The molecular weight excluding hydrogens is 235 g/mol. The Hall–Kier alpha value is -1.50. The lowest BCUT2D eigenvalue weighted by atomic mass is 10.2. The third kappa shape index (κ3) is 4.10. The molecular formula is C10H14F3N3O. The van der Waals surface area contributed by atoms with Crippen LogP contribution in [-0.4, -0.2) is 22.7 Å². The Morgan fingerprint density at radius 1 is 1.47 bits per heavy atom. The fourth-order valence-electron chi connectivity index (χ4n) is 1.31. The molecule has 1 heterocycles. The van der Waals surface area contributed by atoms with Gasteiger partial charge in [-0.3, -0.25) is 0 Å². The van der Waals surface area contributed by atoms with Gasteiger partial charge in [-0.1, -0.05) is 0 Å². The van der Waals surface area contributed by atoms with E-state index in [4.69, 9.17) is 10.8 Å². The van der Waals surface area contributed by atoms with E-state index in [1.54, 1.807) is 6.92 Å². The van der Waals surface area contributed by atoms with Crippen LogP contribution in [0.3, 0.4) is 0 Å². The third-order valence-electron chi connectivity index (χ3n) is 2.13. The van der Waals surface area contributed by atoms with Crippen LogP contribution in [0.25, 0.3) is 0 Å². The van der Waals surface area contributed by atoms with Crippen molar-refractivity contribution in [1.82, 2.24) is 4.98 Å². The van der Waals surface area contributed by atoms with Gasteiger partial charge >= 0.3 is 6.18 Å². The monoisotopic (exact) mass is 249 g/mol. The second kappa shape index (κ2) is 5.22. The predicted octanol–water partition coefficient (Wildman–Crippen LogP) is 1.87. The zero-order valence-electron chi connectivity index (χ0n) is 9.25. The maximum Gasteiger partial charge on any atom is 0.416 e. The van der Waals surface area contributed by atoms with E-state index in [2.05, 4.69) is 10.3 Å². The first kappa shape index (κ1) is 13.6. The molecule has 96 valence electrons. The molecule has 0 aliphatic rings. The number of pyridine rings is 1. The van der Waals surface area contributed by atoms with Crippen LogP contribution in [0.15, 0.2) is 12.1 Å². The minimum Gasteiger partial charge on any atom is -0.396 e. The molecule has 4 nitrogen and oxygen atoms in total.